The number of halogens is 1. The number of hydrogen-bond donors (Lipinski definition) is 1. The maximum absolute atomic E-state index is 13.5. The predicted octanol–water partition coefficient (Wildman–Crippen LogP) is 5.94. The Kier molecular flexibility index (Phi) is 10.9. The second-order valence-corrected chi connectivity index (χ2v) is 9.75. The Morgan fingerprint density at radius 2 is 1.72 bits per heavy atom. The van der Waals surface area contributed by atoms with Crippen molar-refractivity contribution < 1.29 is 19.1 Å². The average Bonchev–Trinajstić information content (AvgIpc) is 2.87. The van der Waals surface area contributed by atoms with Crippen LogP contribution in [-0.4, -0.2) is 42.0 Å². The van der Waals surface area contributed by atoms with Gasteiger partial charge in [0, 0.05) is 24.0 Å². The summed E-state index contributed by atoms with van der Waals surface area (Å²) in [4.78, 5) is 28.3. The number of ether oxygens (including phenoxy) is 2. The van der Waals surface area contributed by atoms with Crippen LogP contribution in [0.2, 0.25) is 5.02 Å². The molecule has 0 saturated heterocycles. The van der Waals surface area contributed by atoms with Gasteiger partial charge in [-0.05, 0) is 75.4 Å². The Hall–Kier alpha value is -2.73. The molecule has 2 aromatic carbocycles. The molecule has 6 nitrogen and oxygen atoms in total. The van der Waals surface area contributed by atoms with E-state index in [1.54, 1.807) is 11.0 Å². The zero-order valence-corrected chi connectivity index (χ0v) is 22.5. The molecule has 0 heterocycles. The smallest absolute Gasteiger partial charge is 0.242 e. The number of nitrogens with zero attached hydrogens (tertiary/aromatic N) is 1. The van der Waals surface area contributed by atoms with Gasteiger partial charge >= 0.3 is 0 Å². The summed E-state index contributed by atoms with van der Waals surface area (Å²) in [5.41, 5.74) is 1.88. The fourth-order valence-electron chi connectivity index (χ4n) is 4.63. The highest BCUT2D eigenvalue weighted by molar-refractivity contribution is 6.30. The van der Waals surface area contributed by atoms with Gasteiger partial charge in [-0.2, -0.15) is 0 Å². The van der Waals surface area contributed by atoms with Crippen LogP contribution in [0, 0.1) is 0 Å². The third-order valence-corrected chi connectivity index (χ3v) is 6.83. The third kappa shape index (κ3) is 8.16. The van der Waals surface area contributed by atoms with Gasteiger partial charge in [-0.25, -0.2) is 0 Å². The zero-order chi connectivity index (χ0) is 25.9. The van der Waals surface area contributed by atoms with E-state index in [9.17, 15) is 9.59 Å². The summed E-state index contributed by atoms with van der Waals surface area (Å²) in [6.45, 7) is 7.08. The normalized spacial score (nSPS) is 14.7. The molecule has 1 atom stereocenters. The number of aryl methyl sites for hydroxylation is 1. The van der Waals surface area contributed by atoms with E-state index in [-0.39, 0.29) is 24.3 Å². The molecule has 0 radical (unpaired) electrons. The first-order valence-corrected chi connectivity index (χ1v) is 13.5. The van der Waals surface area contributed by atoms with E-state index in [2.05, 4.69) is 5.32 Å². The van der Waals surface area contributed by atoms with Gasteiger partial charge in [0.25, 0.3) is 0 Å². The molecule has 196 valence electrons. The molecule has 2 amide bonds. The summed E-state index contributed by atoms with van der Waals surface area (Å²) < 4.78 is 11.4. The van der Waals surface area contributed by atoms with Gasteiger partial charge in [-0.1, -0.05) is 49.1 Å². The van der Waals surface area contributed by atoms with E-state index in [4.69, 9.17) is 21.1 Å². The molecule has 1 fully saturated rings. The number of amides is 2. The largest absolute Gasteiger partial charge is 0.490 e. The summed E-state index contributed by atoms with van der Waals surface area (Å²) in [7, 11) is 0. The molecule has 0 bridgehead atoms. The SMILES string of the molecule is CCOc1ccc(CCC(=O)N(Cc2cccc(Cl)c2)C(C)C(=O)NC2CCCCC2)cc1OCC. The fourth-order valence-corrected chi connectivity index (χ4v) is 4.84. The molecular formula is C29H39ClN2O4. The average molecular weight is 515 g/mol. The van der Waals surface area contributed by atoms with Gasteiger partial charge in [-0.3, -0.25) is 9.59 Å². The van der Waals surface area contributed by atoms with Crippen LogP contribution < -0.4 is 14.8 Å². The van der Waals surface area contributed by atoms with Crippen molar-refractivity contribution >= 4 is 23.4 Å². The zero-order valence-electron chi connectivity index (χ0n) is 21.7. The monoisotopic (exact) mass is 514 g/mol. The number of carbonyl (C=O) groups is 2. The number of benzene rings is 2. The van der Waals surface area contributed by atoms with Crippen LogP contribution >= 0.6 is 11.6 Å². The standard InChI is InChI=1S/C29H39ClN2O4/c1-4-35-26-16-14-22(19-27(26)36-5-2)15-17-28(33)32(20-23-10-9-11-24(30)18-23)21(3)29(34)31-25-12-7-6-8-13-25/h9-11,14,16,18-19,21,25H,4-8,12-13,15,17,20H2,1-3H3,(H,31,34). The molecule has 1 aliphatic rings. The lowest BCUT2D eigenvalue weighted by molar-refractivity contribution is -0.141. The lowest BCUT2D eigenvalue weighted by Gasteiger charge is -2.31. The first-order chi connectivity index (χ1) is 17.4. The minimum absolute atomic E-state index is 0.0758. The molecule has 1 aliphatic carbocycles. The van der Waals surface area contributed by atoms with Crippen molar-refractivity contribution in [2.45, 2.75) is 84.3 Å². The summed E-state index contributed by atoms with van der Waals surface area (Å²) in [6.07, 6.45) is 6.31. The van der Waals surface area contributed by atoms with Gasteiger partial charge in [0.15, 0.2) is 11.5 Å². The predicted molar refractivity (Wildman–Crippen MR) is 144 cm³/mol. The Labute approximate surface area is 220 Å². The number of hydrogen-bond acceptors (Lipinski definition) is 4. The molecular weight excluding hydrogens is 476 g/mol. The van der Waals surface area contributed by atoms with Crippen molar-refractivity contribution in [3.05, 3.63) is 58.6 Å². The molecule has 7 heteroatoms. The molecule has 1 N–H and O–H groups in total. The molecule has 1 unspecified atom stereocenters. The fraction of sp³-hybridized carbons (Fsp3) is 0.517. The molecule has 0 aromatic heterocycles. The van der Waals surface area contributed by atoms with Gasteiger partial charge in [0.1, 0.15) is 6.04 Å². The quantitative estimate of drug-likeness (QED) is 0.381. The summed E-state index contributed by atoms with van der Waals surface area (Å²) >= 11 is 6.19. The molecule has 2 aromatic rings. The van der Waals surface area contributed by atoms with E-state index in [0.717, 1.165) is 36.8 Å². The Morgan fingerprint density at radius 1 is 1.00 bits per heavy atom. The lowest BCUT2D eigenvalue weighted by Crippen LogP contribution is -2.50. The molecule has 36 heavy (non-hydrogen) atoms. The van der Waals surface area contributed by atoms with E-state index in [1.807, 2.05) is 57.2 Å². The maximum atomic E-state index is 13.5. The van der Waals surface area contributed by atoms with Crippen molar-refractivity contribution in [1.29, 1.82) is 0 Å². The van der Waals surface area contributed by atoms with Crippen molar-refractivity contribution in [3.8, 4) is 11.5 Å². The highest BCUT2D eigenvalue weighted by Crippen LogP contribution is 2.29. The number of rotatable bonds is 12. The molecule has 0 aliphatic heterocycles. The minimum Gasteiger partial charge on any atom is -0.490 e. The minimum atomic E-state index is -0.585. The van der Waals surface area contributed by atoms with E-state index in [1.165, 1.54) is 6.42 Å². The van der Waals surface area contributed by atoms with E-state index < -0.39 is 6.04 Å². The molecule has 1 saturated carbocycles. The first-order valence-electron chi connectivity index (χ1n) is 13.1. The van der Waals surface area contributed by atoms with Gasteiger partial charge in [0.05, 0.1) is 13.2 Å². The lowest BCUT2D eigenvalue weighted by atomic mass is 9.95. The summed E-state index contributed by atoms with van der Waals surface area (Å²) in [5.74, 6) is 1.20. The van der Waals surface area contributed by atoms with Crippen LogP contribution in [0.5, 0.6) is 11.5 Å². The second kappa shape index (κ2) is 14.1. The third-order valence-electron chi connectivity index (χ3n) is 6.60. The van der Waals surface area contributed by atoms with Crippen LogP contribution in [0.25, 0.3) is 0 Å². The Balaban J connectivity index is 1.72. The van der Waals surface area contributed by atoms with Crippen LogP contribution in [0.3, 0.4) is 0 Å². The summed E-state index contributed by atoms with van der Waals surface area (Å²) in [6, 6.07) is 12.8. The van der Waals surface area contributed by atoms with Gasteiger partial charge in [0.2, 0.25) is 11.8 Å². The first kappa shape index (κ1) is 27.9. The second-order valence-electron chi connectivity index (χ2n) is 9.32. The van der Waals surface area contributed by atoms with Crippen molar-refractivity contribution in [2.75, 3.05) is 13.2 Å². The Bertz CT molecular complexity index is 1010. The topological polar surface area (TPSA) is 67.9 Å². The molecule has 3 rings (SSSR count). The number of carbonyl (C=O) groups excluding carboxylic acids is 2. The van der Waals surface area contributed by atoms with Gasteiger partial charge in [-0.15, -0.1) is 0 Å². The van der Waals surface area contributed by atoms with E-state index in [0.29, 0.717) is 42.7 Å². The van der Waals surface area contributed by atoms with Crippen LogP contribution in [0.1, 0.15) is 70.4 Å². The Morgan fingerprint density at radius 3 is 2.42 bits per heavy atom. The van der Waals surface area contributed by atoms with Crippen molar-refractivity contribution in [3.63, 3.8) is 0 Å². The van der Waals surface area contributed by atoms with Gasteiger partial charge < -0.3 is 19.7 Å². The van der Waals surface area contributed by atoms with Crippen molar-refractivity contribution in [1.82, 2.24) is 10.2 Å². The highest BCUT2D eigenvalue weighted by atomic mass is 35.5. The highest BCUT2D eigenvalue weighted by Gasteiger charge is 2.28. The number of nitrogens with one attached hydrogen (secondary N) is 1. The maximum Gasteiger partial charge on any atom is 0.242 e. The summed E-state index contributed by atoms with van der Waals surface area (Å²) in [5, 5.41) is 3.78. The van der Waals surface area contributed by atoms with Crippen LogP contribution in [0.4, 0.5) is 0 Å². The van der Waals surface area contributed by atoms with E-state index >= 15 is 0 Å². The van der Waals surface area contributed by atoms with Crippen molar-refractivity contribution in [2.24, 2.45) is 0 Å². The van der Waals surface area contributed by atoms with Crippen LogP contribution in [0.15, 0.2) is 42.5 Å². The van der Waals surface area contributed by atoms with Crippen LogP contribution in [-0.2, 0) is 22.6 Å². The molecule has 0 spiro atoms.